The average molecular weight is 114 g/mol. The first kappa shape index (κ1) is 4.54. The molecule has 1 aromatic heterocycles. The van der Waals surface area contributed by atoms with Crippen molar-refractivity contribution in [1.82, 2.24) is 0 Å². The Hall–Kier alpha value is -0.620. The minimum Gasteiger partial charge on any atom is -0.457 e. The van der Waals surface area contributed by atoms with Gasteiger partial charge in [0.25, 0.3) is 0 Å². The van der Waals surface area contributed by atoms with Crippen molar-refractivity contribution in [2.75, 3.05) is 0 Å². The molecule has 0 aliphatic carbocycles. The van der Waals surface area contributed by atoms with E-state index in [0.717, 1.165) is 0 Å². The zero-order chi connectivity index (χ0) is 5.11. The quantitative estimate of drug-likeness (QED) is 0.513. The molecule has 0 amide bonds. The van der Waals surface area contributed by atoms with Crippen LogP contribution in [0.15, 0.2) is 22.8 Å². The molecule has 0 unspecified atom stereocenters. The van der Waals surface area contributed by atoms with Gasteiger partial charge in [0.1, 0.15) is 0 Å². The monoisotopic (exact) mass is 114 g/mol. The zero-order valence-electron chi connectivity index (χ0n) is 3.50. The molecule has 0 spiro atoms. The highest BCUT2D eigenvalue weighted by Gasteiger charge is 1.86. The van der Waals surface area contributed by atoms with Crippen LogP contribution in [0.25, 0.3) is 0 Å². The summed E-state index contributed by atoms with van der Waals surface area (Å²) in [6, 6.07) is 3.34. The lowest BCUT2D eigenvalue weighted by Gasteiger charge is -1.66. The van der Waals surface area contributed by atoms with Gasteiger partial charge in [-0.15, -0.1) is 0 Å². The van der Waals surface area contributed by atoms with Crippen LogP contribution in [-0.2, 0) is 4.57 Å². The molecule has 0 saturated heterocycles. The second-order valence-electron chi connectivity index (χ2n) is 1.04. The molecule has 0 N–H and O–H groups in total. The van der Waals surface area contributed by atoms with Crippen molar-refractivity contribution in [2.45, 2.75) is 0 Å². The first-order chi connectivity index (χ1) is 3.43. The summed E-state index contributed by atoms with van der Waals surface area (Å²) in [6.45, 7) is 0. The molecule has 0 aromatic carbocycles. The average Bonchev–Trinajstić information content (AvgIpc) is 2.14. The van der Waals surface area contributed by atoms with Crippen LogP contribution >= 0.6 is 8.46 Å². The SMILES string of the molecule is O=Pc1ccco1. The van der Waals surface area contributed by atoms with E-state index in [2.05, 4.69) is 4.42 Å². The second-order valence-corrected chi connectivity index (χ2v) is 1.67. The zero-order valence-corrected chi connectivity index (χ0v) is 4.39. The molecule has 1 aromatic rings. The van der Waals surface area contributed by atoms with Crippen molar-refractivity contribution in [3.05, 3.63) is 18.4 Å². The Morgan fingerprint density at radius 3 is 2.86 bits per heavy atom. The van der Waals surface area contributed by atoms with Crippen molar-refractivity contribution < 1.29 is 8.98 Å². The normalized spacial score (nSPS) is 9.71. The van der Waals surface area contributed by atoms with E-state index in [9.17, 15) is 4.57 Å². The van der Waals surface area contributed by atoms with Crippen LogP contribution in [0.2, 0.25) is 0 Å². The van der Waals surface area contributed by atoms with Gasteiger partial charge in [0.2, 0.25) is 8.46 Å². The Bertz CT molecular complexity index is 145. The van der Waals surface area contributed by atoms with Crippen LogP contribution in [0.3, 0.4) is 0 Å². The van der Waals surface area contributed by atoms with E-state index in [1.54, 1.807) is 12.1 Å². The van der Waals surface area contributed by atoms with E-state index in [1.807, 2.05) is 0 Å². The molecule has 0 bridgehead atoms. The lowest BCUT2D eigenvalue weighted by Crippen LogP contribution is -1.77. The van der Waals surface area contributed by atoms with E-state index < -0.39 is 0 Å². The van der Waals surface area contributed by atoms with Gasteiger partial charge in [-0.1, -0.05) is 0 Å². The molecule has 3 heteroatoms. The van der Waals surface area contributed by atoms with Crippen LogP contribution in [-0.4, -0.2) is 0 Å². The van der Waals surface area contributed by atoms with E-state index in [-0.39, 0.29) is 8.46 Å². The summed E-state index contributed by atoms with van der Waals surface area (Å²) in [6.07, 6.45) is 1.49. The highest BCUT2D eigenvalue weighted by Crippen LogP contribution is 1.93. The summed E-state index contributed by atoms with van der Waals surface area (Å²) in [5.41, 5.74) is 0.472. The summed E-state index contributed by atoms with van der Waals surface area (Å²) >= 11 is 0. The molecule has 0 fully saturated rings. The van der Waals surface area contributed by atoms with E-state index >= 15 is 0 Å². The number of hydrogen-bond acceptors (Lipinski definition) is 2. The maximum absolute atomic E-state index is 9.87. The molecule has 0 atom stereocenters. The van der Waals surface area contributed by atoms with Crippen molar-refractivity contribution in [2.24, 2.45) is 0 Å². The van der Waals surface area contributed by atoms with E-state index in [0.29, 0.717) is 5.50 Å². The van der Waals surface area contributed by atoms with Crippen molar-refractivity contribution in [3.63, 3.8) is 0 Å². The molecular weight excluding hydrogens is 111 g/mol. The molecule has 1 rings (SSSR count). The first-order valence-corrected chi connectivity index (χ1v) is 2.61. The van der Waals surface area contributed by atoms with Gasteiger partial charge < -0.3 is 4.42 Å². The molecule has 2 nitrogen and oxygen atoms in total. The molecular formula is C4H3O2P. The molecule has 36 valence electrons. The van der Waals surface area contributed by atoms with Gasteiger partial charge in [-0.05, 0) is 12.1 Å². The molecule has 0 radical (unpaired) electrons. The standard InChI is InChI=1S/C4H3O2P/c5-7-4-2-1-3-6-4/h1-3H. The Morgan fingerprint density at radius 1 is 1.71 bits per heavy atom. The van der Waals surface area contributed by atoms with Crippen LogP contribution < -0.4 is 5.50 Å². The van der Waals surface area contributed by atoms with Crippen LogP contribution in [0.5, 0.6) is 0 Å². The maximum atomic E-state index is 9.87. The molecule has 1 heterocycles. The predicted molar refractivity (Wildman–Crippen MR) is 25.9 cm³/mol. The lowest BCUT2D eigenvalue weighted by atomic mass is 10.7. The van der Waals surface area contributed by atoms with Crippen LogP contribution in [0.4, 0.5) is 0 Å². The predicted octanol–water partition coefficient (Wildman–Crippen LogP) is 1.20. The van der Waals surface area contributed by atoms with Crippen LogP contribution in [0.1, 0.15) is 0 Å². The lowest BCUT2D eigenvalue weighted by molar-refractivity contribution is 0.577. The van der Waals surface area contributed by atoms with Gasteiger partial charge >= 0.3 is 0 Å². The fourth-order valence-corrected chi connectivity index (χ4v) is 0.573. The smallest absolute Gasteiger partial charge is 0.231 e. The van der Waals surface area contributed by atoms with Gasteiger partial charge in [-0.2, -0.15) is 0 Å². The Labute approximate surface area is 42.3 Å². The third-order valence-electron chi connectivity index (χ3n) is 0.596. The number of furan rings is 1. The van der Waals surface area contributed by atoms with Gasteiger partial charge in [0.05, 0.1) is 6.26 Å². The van der Waals surface area contributed by atoms with Crippen molar-refractivity contribution in [1.29, 1.82) is 0 Å². The molecule has 0 aliphatic rings. The Balaban J connectivity index is 2.96. The minimum atomic E-state index is -0.0517. The highest BCUT2D eigenvalue weighted by molar-refractivity contribution is 7.33. The summed E-state index contributed by atoms with van der Waals surface area (Å²) < 4.78 is 14.5. The van der Waals surface area contributed by atoms with Gasteiger partial charge in [-0.3, -0.25) is 4.57 Å². The van der Waals surface area contributed by atoms with E-state index in [4.69, 9.17) is 0 Å². The topological polar surface area (TPSA) is 30.2 Å². The first-order valence-electron chi connectivity index (χ1n) is 1.80. The third kappa shape index (κ3) is 0.875. The van der Waals surface area contributed by atoms with Crippen molar-refractivity contribution >= 4 is 14.0 Å². The fraction of sp³-hybridized carbons (Fsp3) is 0. The van der Waals surface area contributed by atoms with Gasteiger partial charge in [0, 0.05) is 0 Å². The van der Waals surface area contributed by atoms with Crippen molar-refractivity contribution in [3.8, 4) is 0 Å². The Morgan fingerprint density at radius 2 is 2.57 bits per heavy atom. The minimum absolute atomic E-state index is 0.0517. The van der Waals surface area contributed by atoms with Gasteiger partial charge in [-0.25, -0.2) is 0 Å². The molecule has 0 aliphatic heterocycles. The number of hydrogen-bond donors (Lipinski definition) is 0. The Kier molecular flexibility index (Phi) is 1.23. The summed E-state index contributed by atoms with van der Waals surface area (Å²) in [5, 5.41) is 0. The largest absolute Gasteiger partial charge is 0.457 e. The van der Waals surface area contributed by atoms with Gasteiger partial charge in [0.15, 0.2) is 5.50 Å². The summed E-state index contributed by atoms with van der Waals surface area (Å²) in [7, 11) is -0.0517. The van der Waals surface area contributed by atoms with Crippen LogP contribution in [0, 0.1) is 0 Å². The number of rotatable bonds is 1. The fourth-order valence-electron chi connectivity index (χ4n) is 0.322. The summed E-state index contributed by atoms with van der Waals surface area (Å²) in [4.78, 5) is 0. The third-order valence-corrected chi connectivity index (χ3v) is 1.03. The molecule has 0 saturated carbocycles. The maximum Gasteiger partial charge on any atom is 0.231 e. The summed E-state index contributed by atoms with van der Waals surface area (Å²) in [5.74, 6) is 0. The van der Waals surface area contributed by atoms with E-state index in [1.165, 1.54) is 6.26 Å². The highest BCUT2D eigenvalue weighted by atomic mass is 31.1. The molecule has 7 heavy (non-hydrogen) atoms. The second kappa shape index (κ2) is 1.90.